The normalized spacial score (nSPS) is 11.5. The van der Waals surface area contributed by atoms with E-state index >= 15 is 0 Å². The van der Waals surface area contributed by atoms with Crippen molar-refractivity contribution in [2.45, 2.75) is 0 Å². The summed E-state index contributed by atoms with van der Waals surface area (Å²) < 4.78 is 0. The Balaban J connectivity index is 2.19. The number of fused-ring (bicyclic) bond motifs is 1. The van der Waals surface area contributed by atoms with Crippen LogP contribution in [0.4, 0.5) is 0 Å². The summed E-state index contributed by atoms with van der Waals surface area (Å²) in [5.74, 6) is 0.255. The molecule has 0 unspecified atom stereocenters. The van der Waals surface area contributed by atoms with E-state index in [4.69, 9.17) is 11.6 Å². The fourth-order valence-corrected chi connectivity index (χ4v) is 2.74. The largest absolute Gasteiger partial charge is 0.305 e. The van der Waals surface area contributed by atoms with Crippen molar-refractivity contribution in [3.8, 4) is 6.07 Å². The number of aromatic nitrogens is 2. The molecule has 4 nitrogen and oxygen atoms in total. The summed E-state index contributed by atoms with van der Waals surface area (Å²) in [5.41, 5.74) is 0.502. The summed E-state index contributed by atoms with van der Waals surface area (Å²) in [4.78, 5) is 20.0. The second-order valence-electron chi connectivity index (χ2n) is 4.26. The predicted octanol–water partition coefficient (Wildman–Crippen LogP) is 3.70. The third kappa shape index (κ3) is 2.72. The molecule has 1 aromatic carbocycles. The van der Waals surface area contributed by atoms with E-state index in [0.29, 0.717) is 21.5 Å². The van der Waals surface area contributed by atoms with Gasteiger partial charge in [-0.1, -0.05) is 17.7 Å². The molecule has 0 saturated heterocycles. The molecule has 2 heterocycles. The van der Waals surface area contributed by atoms with E-state index in [-0.39, 0.29) is 11.4 Å². The van der Waals surface area contributed by atoms with Gasteiger partial charge in [0.1, 0.15) is 6.07 Å². The molecule has 0 saturated carbocycles. The Labute approximate surface area is 129 Å². The van der Waals surface area contributed by atoms with Gasteiger partial charge in [0.2, 0.25) is 0 Å². The molecular formula is C15H8ClN3OS. The lowest BCUT2D eigenvalue weighted by Gasteiger charge is -2.02. The molecule has 0 spiro atoms. The van der Waals surface area contributed by atoms with Crippen molar-refractivity contribution in [1.29, 1.82) is 5.26 Å². The Hall–Kier alpha value is -2.42. The maximum Gasteiger partial charge on any atom is 0.259 e. The van der Waals surface area contributed by atoms with Crippen LogP contribution in [0.15, 0.2) is 40.5 Å². The Kier molecular flexibility index (Phi) is 3.57. The molecule has 0 fully saturated rings. The minimum absolute atomic E-state index is 0.255. The quantitative estimate of drug-likeness (QED) is 0.733. The number of aromatic amines is 1. The summed E-state index contributed by atoms with van der Waals surface area (Å²) in [5, 5.41) is 12.1. The highest BCUT2D eigenvalue weighted by Gasteiger charge is 2.09. The van der Waals surface area contributed by atoms with Gasteiger partial charge in [0.25, 0.3) is 5.56 Å². The number of allylic oxidation sites excluding steroid dienone is 1. The van der Waals surface area contributed by atoms with Gasteiger partial charge in [0, 0.05) is 9.90 Å². The molecule has 0 bridgehead atoms. The van der Waals surface area contributed by atoms with Crippen molar-refractivity contribution in [2.24, 2.45) is 0 Å². The highest BCUT2D eigenvalue weighted by Crippen LogP contribution is 2.20. The van der Waals surface area contributed by atoms with Gasteiger partial charge in [-0.15, -0.1) is 11.3 Å². The molecule has 0 atom stereocenters. The Morgan fingerprint density at radius 1 is 1.43 bits per heavy atom. The van der Waals surface area contributed by atoms with Gasteiger partial charge in [-0.25, -0.2) is 4.98 Å². The van der Waals surface area contributed by atoms with E-state index < -0.39 is 0 Å². The third-order valence-corrected chi connectivity index (χ3v) is 3.93. The van der Waals surface area contributed by atoms with Crippen molar-refractivity contribution in [1.82, 2.24) is 9.97 Å². The number of benzene rings is 1. The van der Waals surface area contributed by atoms with Crippen LogP contribution in [0.1, 0.15) is 10.7 Å². The number of nitrogens with one attached hydrogen (secondary N) is 1. The van der Waals surface area contributed by atoms with Crippen LogP contribution in [0, 0.1) is 11.3 Å². The van der Waals surface area contributed by atoms with Crippen LogP contribution in [-0.4, -0.2) is 9.97 Å². The van der Waals surface area contributed by atoms with Gasteiger partial charge in [-0.05, 0) is 35.7 Å². The molecule has 1 N–H and O–H groups in total. The van der Waals surface area contributed by atoms with Crippen LogP contribution in [0.3, 0.4) is 0 Å². The van der Waals surface area contributed by atoms with Crippen LogP contribution in [0.5, 0.6) is 0 Å². The van der Waals surface area contributed by atoms with E-state index in [1.807, 2.05) is 17.5 Å². The van der Waals surface area contributed by atoms with E-state index in [1.165, 1.54) is 11.3 Å². The second-order valence-corrected chi connectivity index (χ2v) is 5.68. The molecule has 3 rings (SSSR count). The number of hydrogen-bond donors (Lipinski definition) is 1. The lowest BCUT2D eigenvalue weighted by Crippen LogP contribution is -2.11. The fraction of sp³-hybridized carbons (Fsp3) is 0. The molecule has 0 aliphatic carbocycles. The lowest BCUT2D eigenvalue weighted by molar-refractivity contribution is 1.13. The van der Waals surface area contributed by atoms with E-state index in [1.54, 1.807) is 24.3 Å². The summed E-state index contributed by atoms with van der Waals surface area (Å²) in [6.45, 7) is 0. The molecule has 0 amide bonds. The van der Waals surface area contributed by atoms with Crippen molar-refractivity contribution in [3.05, 3.63) is 61.8 Å². The number of nitriles is 1. The number of thiophene rings is 1. The van der Waals surface area contributed by atoms with Gasteiger partial charge >= 0.3 is 0 Å². The van der Waals surface area contributed by atoms with Crippen LogP contribution in [-0.2, 0) is 0 Å². The van der Waals surface area contributed by atoms with E-state index in [2.05, 4.69) is 16.0 Å². The molecule has 21 heavy (non-hydrogen) atoms. The topological polar surface area (TPSA) is 69.5 Å². The van der Waals surface area contributed by atoms with Crippen LogP contribution >= 0.6 is 22.9 Å². The molecule has 0 aliphatic heterocycles. The third-order valence-electron chi connectivity index (χ3n) is 2.87. The molecule has 102 valence electrons. The fourth-order valence-electron chi connectivity index (χ4n) is 1.91. The van der Waals surface area contributed by atoms with Gasteiger partial charge in [-0.3, -0.25) is 4.79 Å². The maximum atomic E-state index is 12.1. The molecule has 0 radical (unpaired) electrons. The lowest BCUT2D eigenvalue weighted by atomic mass is 10.2. The first-order valence-corrected chi connectivity index (χ1v) is 7.28. The van der Waals surface area contributed by atoms with Crippen LogP contribution in [0.25, 0.3) is 22.6 Å². The zero-order valence-corrected chi connectivity index (χ0v) is 12.2. The summed E-state index contributed by atoms with van der Waals surface area (Å²) in [6.07, 6.45) is 1.70. The van der Waals surface area contributed by atoms with Crippen molar-refractivity contribution in [3.63, 3.8) is 0 Å². The van der Waals surface area contributed by atoms with E-state index in [0.717, 1.165) is 4.88 Å². The van der Waals surface area contributed by atoms with Crippen molar-refractivity contribution in [2.75, 3.05) is 0 Å². The SMILES string of the molecule is N#CC(=Cc1cccs1)c1nc2ccc(Cl)cc2c(=O)[nH]1. The van der Waals surface area contributed by atoms with Crippen molar-refractivity contribution >= 4 is 45.5 Å². The molecular weight excluding hydrogens is 306 g/mol. The Morgan fingerprint density at radius 2 is 2.29 bits per heavy atom. The van der Waals surface area contributed by atoms with Crippen LogP contribution < -0.4 is 5.56 Å². The predicted molar refractivity (Wildman–Crippen MR) is 85.2 cm³/mol. The maximum absolute atomic E-state index is 12.1. The molecule has 6 heteroatoms. The number of H-pyrrole nitrogens is 1. The van der Waals surface area contributed by atoms with Gasteiger partial charge in [0.15, 0.2) is 5.82 Å². The molecule has 3 aromatic rings. The minimum Gasteiger partial charge on any atom is -0.305 e. The Bertz CT molecular complexity index is 936. The zero-order chi connectivity index (χ0) is 14.8. The first-order valence-electron chi connectivity index (χ1n) is 6.02. The average molecular weight is 314 g/mol. The van der Waals surface area contributed by atoms with Gasteiger partial charge in [0.05, 0.1) is 16.5 Å². The zero-order valence-electron chi connectivity index (χ0n) is 10.6. The minimum atomic E-state index is -0.315. The molecule has 2 aromatic heterocycles. The number of nitrogens with zero attached hydrogens (tertiary/aromatic N) is 2. The second kappa shape index (κ2) is 5.52. The van der Waals surface area contributed by atoms with Crippen molar-refractivity contribution < 1.29 is 0 Å². The first kappa shape index (κ1) is 13.6. The monoisotopic (exact) mass is 313 g/mol. The van der Waals surface area contributed by atoms with Gasteiger partial charge in [-0.2, -0.15) is 5.26 Å². The van der Waals surface area contributed by atoms with E-state index in [9.17, 15) is 10.1 Å². The smallest absolute Gasteiger partial charge is 0.259 e. The average Bonchev–Trinajstić information content (AvgIpc) is 2.98. The van der Waals surface area contributed by atoms with Gasteiger partial charge < -0.3 is 4.98 Å². The standard InChI is InChI=1S/C15H8ClN3OS/c16-10-3-4-13-12(7-10)15(20)19-14(18-13)9(8-17)6-11-2-1-5-21-11/h1-7H,(H,18,19,20). The first-order chi connectivity index (χ1) is 10.2. The summed E-state index contributed by atoms with van der Waals surface area (Å²) in [6, 6.07) is 10.7. The summed E-state index contributed by atoms with van der Waals surface area (Å²) >= 11 is 7.38. The number of rotatable bonds is 2. The van der Waals surface area contributed by atoms with Crippen LogP contribution in [0.2, 0.25) is 5.02 Å². The highest BCUT2D eigenvalue weighted by molar-refractivity contribution is 7.10. The number of hydrogen-bond acceptors (Lipinski definition) is 4. The highest BCUT2D eigenvalue weighted by atomic mass is 35.5. The summed E-state index contributed by atoms with van der Waals surface area (Å²) in [7, 11) is 0. The Morgan fingerprint density at radius 3 is 3.00 bits per heavy atom. The molecule has 0 aliphatic rings. The number of halogens is 1.